The molecule has 0 atom stereocenters. The number of carbonyl (C=O) groups is 1. The van der Waals surface area contributed by atoms with Crippen molar-refractivity contribution in [1.29, 1.82) is 0 Å². The second kappa shape index (κ2) is 10.4. The van der Waals surface area contributed by atoms with Gasteiger partial charge in [-0.15, -0.1) is 10.2 Å². The van der Waals surface area contributed by atoms with Gasteiger partial charge < -0.3 is 14.6 Å². The molecule has 0 aliphatic rings. The number of rotatable bonds is 9. The van der Waals surface area contributed by atoms with Gasteiger partial charge in [0.25, 0.3) is 5.91 Å². The van der Waals surface area contributed by atoms with E-state index >= 15 is 0 Å². The topological polar surface area (TPSA) is 69.0 Å². The number of nitrogens with zero attached hydrogens (tertiary/aromatic N) is 3. The number of thioether (sulfide) groups is 1. The molecule has 0 saturated heterocycles. The van der Waals surface area contributed by atoms with Crippen molar-refractivity contribution in [2.75, 3.05) is 20.8 Å². The molecule has 1 N–H and O–H groups in total. The van der Waals surface area contributed by atoms with Crippen LogP contribution in [-0.4, -0.2) is 41.4 Å². The number of carbonyl (C=O) groups excluding carboxylic acids is 1. The Balaban J connectivity index is 1.83. The summed E-state index contributed by atoms with van der Waals surface area (Å²) in [5.74, 6) is 1.32. The minimum absolute atomic E-state index is 0.0967. The van der Waals surface area contributed by atoms with Gasteiger partial charge in [-0.05, 0) is 36.2 Å². The number of methoxy groups -OCH3 is 1. The molecule has 2 aromatic carbocycles. The lowest BCUT2D eigenvalue weighted by Gasteiger charge is -2.11. The Bertz CT molecular complexity index is 977. The molecule has 0 aliphatic heterocycles. The molecule has 3 rings (SSSR count). The van der Waals surface area contributed by atoms with Crippen molar-refractivity contribution in [2.24, 2.45) is 0 Å². The van der Waals surface area contributed by atoms with Crippen molar-refractivity contribution >= 4 is 29.3 Å². The molecule has 0 bridgehead atoms. The van der Waals surface area contributed by atoms with Crippen molar-refractivity contribution < 1.29 is 9.53 Å². The maximum Gasteiger partial charge on any atom is 0.251 e. The van der Waals surface area contributed by atoms with E-state index in [9.17, 15) is 4.79 Å². The van der Waals surface area contributed by atoms with Crippen molar-refractivity contribution in [3.8, 4) is 11.4 Å². The molecule has 6 nitrogen and oxygen atoms in total. The van der Waals surface area contributed by atoms with Crippen molar-refractivity contribution in [1.82, 2.24) is 20.1 Å². The summed E-state index contributed by atoms with van der Waals surface area (Å²) in [6.45, 7) is 1.38. The van der Waals surface area contributed by atoms with Crippen molar-refractivity contribution in [3.05, 3.63) is 64.7 Å². The minimum atomic E-state index is -0.0967. The predicted molar refractivity (Wildman–Crippen MR) is 116 cm³/mol. The molecule has 8 heteroatoms. The largest absolute Gasteiger partial charge is 0.385 e. The summed E-state index contributed by atoms with van der Waals surface area (Å²) in [7, 11) is 3.32. The highest BCUT2D eigenvalue weighted by atomic mass is 35.5. The highest BCUT2D eigenvalue weighted by Crippen LogP contribution is 2.30. The SMILES string of the molecule is CNC(=O)c1cccc(CSc2nnc(-c3ccccc3Cl)n2CCCOC)c1. The van der Waals surface area contributed by atoms with Crippen LogP contribution in [-0.2, 0) is 17.0 Å². The second-order valence-electron chi connectivity index (χ2n) is 6.35. The highest BCUT2D eigenvalue weighted by Gasteiger charge is 2.16. The standard InChI is InChI=1S/C21H23ClN4O2S/c1-23-20(27)16-8-5-7-15(13-16)14-29-21-25-24-19(26(21)11-6-12-28-2)17-9-3-4-10-18(17)22/h3-5,7-10,13H,6,11-12,14H2,1-2H3,(H,23,27). The zero-order chi connectivity index (χ0) is 20.6. The van der Waals surface area contributed by atoms with Gasteiger partial charge in [0.2, 0.25) is 0 Å². The van der Waals surface area contributed by atoms with E-state index in [1.54, 1.807) is 32.0 Å². The smallest absolute Gasteiger partial charge is 0.251 e. The molecule has 1 aromatic heterocycles. The fourth-order valence-corrected chi connectivity index (χ4v) is 4.03. The summed E-state index contributed by atoms with van der Waals surface area (Å²) < 4.78 is 7.28. The first-order valence-electron chi connectivity index (χ1n) is 9.25. The molecule has 1 heterocycles. The maximum absolute atomic E-state index is 11.9. The molecule has 3 aromatic rings. The molecule has 1 amide bonds. The van der Waals surface area contributed by atoms with E-state index < -0.39 is 0 Å². The lowest BCUT2D eigenvalue weighted by molar-refractivity contribution is 0.0963. The van der Waals surface area contributed by atoms with Gasteiger partial charge in [-0.2, -0.15) is 0 Å². The first-order chi connectivity index (χ1) is 14.1. The molecule has 0 saturated carbocycles. The average molecular weight is 431 g/mol. The Labute approximate surface area is 179 Å². The zero-order valence-corrected chi connectivity index (χ0v) is 18.0. The van der Waals surface area contributed by atoms with Gasteiger partial charge in [-0.25, -0.2) is 0 Å². The minimum Gasteiger partial charge on any atom is -0.385 e. The molecular formula is C21H23ClN4O2S. The van der Waals surface area contributed by atoms with Gasteiger partial charge in [0.1, 0.15) is 0 Å². The molecule has 0 fully saturated rings. The predicted octanol–water partition coefficient (Wildman–Crippen LogP) is 4.29. The summed E-state index contributed by atoms with van der Waals surface area (Å²) in [4.78, 5) is 11.9. The average Bonchev–Trinajstić information content (AvgIpc) is 3.15. The van der Waals surface area contributed by atoms with E-state index in [1.165, 1.54) is 0 Å². The normalized spacial score (nSPS) is 10.9. The molecule has 0 spiro atoms. The van der Waals surface area contributed by atoms with Crippen LogP contribution in [0.5, 0.6) is 0 Å². The lowest BCUT2D eigenvalue weighted by atomic mass is 10.1. The van der Waals surface area contributed by atoms with Crippen LogP contribution < -0.4 is 5.32 Å². The summed E-state index contributed by atoms with van der Waals surface area (Å²) in [5, 5.41) is 12.9. The Morgan fingerprint density at radius 1 is 1.21 bits per heavy atom. The Kier molecular flexibility index (Phi) is 7.69. The number of nitrogens with one attached hydrogen (secondary N) is 1. The van der Waals surface area contributed by atoms with Crippen LogP contribution in [0.2, 0.25) is 5.02 Å². The van der Waals surface area contributed by atoms with Gasteiger partial charge >= 0.3 is 0 Å². The molecule has 0 radical (unpaired) electrons. The fourth-order valence-electron chi connectivity index (χ4n) is 2.90. The molecule has 0 aliphatic carbocycles. The van der Waals surface area contributed by atoms with E-state index in [0.717, 1.165) is 35.1 Å². The second-order valence-corrected chi connectivity index (χ2v) is 7.70. The number of hydrogen-bond donors (Lipinski definition) is 1. The lowest BCUT2D eigenvalue weighted by Crippen LogP contribution is -2.17. The number of amides is 1. The number of aromatic nitrogens is 3. The third-order valence-corrected chi connectivity index (χ3v) is 5.71. The van der Waals surface area contributed by atoms with Gasteiger partial charge in [-0.3, -0.25) is 4.79 Å². The monoisotopic (exact) mass is 430 g/mol. The van der Waals surface area contributed by atoms with E-state index in [1.807, 2.05) is 42.5 Å². The Morgan fingerprint density at radius 2 is 2.03 bits per heavy atom. The van der Waals surface area contributed by atoms with E-state index in [-0.39, 0.29) is 5.91 Å². The van der Waals surface area contributed by atoms with Crippen LogP contribution in [0.1, 0.15) is 22.3 Å². The summed E-state index contributed by atoms with van der Waals surface area (Å²) in [5.41, 5.74) is 2.54. The van der Waals surface area contributed by atoms with E-state index in [2.05, 4.69) is 20.1 Å². The Hall–Kier alpha value is -2.35. The third-order valence-electron chi connectivity index (χ3n) is 4.35. The van der Waals surface area contributed by atoms with Crippen molar-refractivity contribution in [3.63, 3.8) is 0 Å². The van der Waals surface area contributed by atoms with E-state index in [0.29, 0.717) is 22.9 Å². The molecule has 29 heavy (non-hydrogen) atoms. The van der Waals surface area contributed by atoms with Gasteiger partial charge in [0.05, 0.1) is 5.02 Å². The van der Waals surface area contributed by atoms with Crippen LogP contribution in [0.25, 0.3) is 11.4 Å². The number of hydrogen-bond acceptors (Lipinski definition) is 5. The van der Waals surface area contributed by atoms with Crippen molar-refractivity contribution in [2.45, 2.75) is 23.9 Å². The summed E-state index contributed by atoms with van der Waals surface area (Å²) in [6, 6.07) is 15.2. The zero-order valence-electron chi connectivity index (χ0n) is 16.4. The summed E-state index contributed by atoms with van der Waals surface area (Å²) >= 11 is 7.97. The van der Waals surface area contributed by atoms with E-state index in [4.69, 9.17) is 16.3 Å². The van der Waals surface area contributed by atoms with Crippen LogP contribution in [0, 0.1) is 0 Å². The van der Waals surface area contributed by atoms with Gasteiger partial charge in [0.15, 0.2) is 11.0 Å². The molecular weight excluding hydrogens is 408 g/mol. The van der Waals surface area contributed by atoms with Crippen LogP contribution in [0.15, 0.2) is 53.7 Å². The number of ether oxygens (including phenoxy) is 1. The van der Waals surface area contributed by atoms with Crippen LogP contribution in [0.4, 0.5) is 0 Å². The van der Waals surface area contributed by atoms with Crippen LogP contribution in [0.3, 0.4) is 0 Å². The third kappa shape index (κ3) is 5.38. The van der Waals surface area contributed by atoms with Crippen LogP contribution >= 0.6 is 23.4 Å². The molecule has 0 unspecified atom stereocenters. The van der Waals surface area contributed by atoms with Gasteiger partial charge in [0, 0.05) is 44.2 Å². The number of halogens is 1. The fraction of sp³-hybridized carbons (Fsp3) is 0.286. The summed E-state index contributed by atoms with van der Waals surface area (Å²) in [6.07, 6.45) is 0.839. The Morgan fingerprint density at radius 3 is 2.79 bits per heavy atom. The first-order valence-corrected chi connectivity index (χ1v) is 10.6. The quantitative estimate of drug-likeness (QED) is 0.405. The van der Waals surface area contributed by atoms with Gasteiger partial charge in [-0.1, -0.05) is 47.6 Å². The molecule has 152 valence electrons. The highest BCUT2D eigenvalue weighted by molar-refractivity contribution is 7.98. The first kappa shape index (κ1) is 21.4. The number of benzene rings is 2. The maximum atomic E-state index is 11.9.